The average Bonchev–Trinajstić information content (AvgIpc) is 2.95. The molecular weight excluding hydrogens is 509 g/mol. The van der Waals surface area contributed by atoms with Crippen molar-refractivity contribution < 1.29 is 0 Å². The molecule has 0 radical (unpaired) electrons. The quantitative estimate of drug-likeness (QED) is 0.0530. The van der Waals surface area contributed by atoms with Gasteiger partial charge in [0.25, 0.3) is 0 Å². The highest BCUT2D eigenvalue weighted by atomic mass is 32.2. The van der Waals surface area contributed by atoms with Crippen molar-refractivity contribution in [3.05, 3.63) is 0 Å². The summed E-state index contributed by atoms with van der Waals surface area (Å²) in [5, 5.41) is 1.33. The van der Waals surface area contributed by atoms with E-state index in [1.54, 1.807) is 0 Å². The van der Waals surface area contributed by atoms with Gasteiger partial charge in [0.2, 0.25) is 0 Å². The van der Waals surface area contributed by atoms with E-state index in [1.807, 2.05) is 0 Å². The van der Waals surface area contributed by atoms with Gasteiger partial charge in [0.1, 0.15) is 0 Å². The van der Waals surface area contributed by atoms with Crippen LogP contribution in [0.3, 0.4) is 0 Å². The molecule has 236 valence electrons. The molecule has 0 aromatic carbocycles. The molecule has 0 N–H and O–H groups in total. The van der Waals surface area contributed by atoms with Gasteiger partial charge in [0.15, 0.2) is 0 Å². The van der Waals surface area contributed by atoms with Gasteiger partial charge in [0.05, 0.1) is 0 Å². The Labute approximate surface area is 258 Å². The molecule has 0 saturated carbocycles. The maximum absolute atomic E-state index is 2.31. The molecule has 0 amide bonds. The Kier molecular flexibility index (Phi) is 39.4. The number of thioether (sulfide) groups is 2. The Morgan fingerprint density at radius 2 is 0.410 bits per heavy atom. The monoisotopic (exact) mass is 585 g/mol. The van der Waals surface area contributed by atoms with Gasteiger partial charge in [-0.2, -0.15) is 23.5 Å². The number of hydrogen-bond donors (Lipinski definition) is 0. The van der Waals surface area contributed by atoms with Crippen molar-refractivity contribution in [2.24, 2.45) is 0 Å². The molecule has 0 aliphatic carbocycles. The molecule has 0 rings (SSSR count). The Morgan fingerprint density at radius 3 is 0.615 bits per heavy atom. The predicted molar refractivity (Wildman–Crippen MR) is 189 cm³/mol. The molecule has 0 fully saturated rings. The molecule has 0 heterocycles. The maximum Gasteiger partial charge on any atom is 0.0392 e. The molecule has 0 saturated heterocycles. The van der Waals surface area contributed by atoms with E-state index < -0.39 is 0 Å². The minimum atomic E-state index is 1.33. The van der Waals surface area contributed by atoms with Crippen LogP contribution in [0, 0.1) is 0 Å². The first-order chi connectivity index (χ1) is 19.4. The van der Waals surface area contributed by atoms with Crippen molar-refractivity contribution in [1.29, 1.82) is 0 Å². The van der Waals surface area contributed by atoms with Crippen molar-refractivity contribution >= 4 is 23.5 Å². The molecule has 2 heteroatoms. The predicted octanol–water partition coefficient (Wildman–Crippen LogP) is 14.9. The topological polar surface area (TPSA) is 0 Å². The van der Waals surface area contributed by atoms with E-state index in [4.69, 9.17) is 0 Å². The van der Waals surface area contributed by atoms with Crippen molar-refractivity contribution in [1.82, 2.24) is 0 Å². The Morgan fingerprint density at radius 1 is 0.231 bits per heavy atom. The van der Waals surface area contributed by atoms with E-state index in [1.165, 1.54) is 222 Å². The second-order valence-electron chi connectivity index (χ2n) is 12.5. The number of hydrogen-bond acceptors (Lipinski definition) is 2. The third-order valence-electron chi connectivity index (χ3n) is 8.45. The molecular formula is C37H76S2. The second-order valence-corrected chi connectivity index (χ2v) is 15.1. The summed E-state index contributed by atoms with van der Waals surface area (Å²) >= 11 is 4.38. The molecule has 0 nitrogen and oxygen atoms in total. The first-order valence-electron chi connectivity index (χ1n) is 18.6. The fourth-order valence-electron chi connectivity index (χ4n) is 5.68. The van der Waals surface area contributed by atoms with E-state index in [-0.39, 0.29) is 0 Å². The lowest BCUT2D eigenvalue weighted by Gasteiger charge is -2.05. The number of unbranched alkanes of at least 4 members (excludes halogenated alkanes) is 30. The van der Waals surface area contributed by atoms with E-state index >= 15 is 0 Å². The lowest BCUT2D eigenvalue weighted by molar-refractivity contribution is 0.531. The summed E-state index contributed by atoms with van der Waals surface area (Å²) in [4.78, 5) is 0. The summed E-state index contributed by atoms with van der Waals surface area (Å²) in [7, 11) is 0. The van der Waals surface area contributed by atoms with Gasteiger partial charge < -0.3 is 0 Å². The average molecular weight is 585 g/mol. The summed E-state index contributed by atoms with van der Waals surface area (Å²) in [6, 6.07) is 0. The van der Waals surface area contributed by atoms with Crippen LogP contribution in [0.5, 0.6) is 0 Å². The zero-order chi connectivity index (χ0) is 28.2. The summed E-state index contributed by atoms with van der Waals surface area (Å²) < 4.78 is 0. The normalized spacial score (nSPS) is 11.5. The first-order valence-corrected chi connectivity index (χ1v) is 20.9. The van der Waals surface area contributed by atoms with Gasteiger partial charge in [-0.25, -0.2) is 0 Å². The fourth-order valence-corrected chi connectivity index (χ4v) is 7.91. The second kappa shape index (κ2) is 38.7. The van der Waals surface area contributed by atoms with E-state index in [0.717, 1.165) is 0 Å². The Bertz CT molecular complexity index is 361. The van der Waals surface area contributed by atoms with E-state index in [0.29, 0.717) is 0 Å². The summed E-state index contributed by atoms with van der Waals surface area (Å²) in [6.45, 7) is 4.62. The lowest BCUT2D eigenvalue weighted by Crippen LogP contribution is -1.86. The van der Waals surface area contributed by atoms with E-state index in [2.05, 4.69) is 37.4 Å². The molecule has 0 bridgehead atoms. The highest BCUT2D eigenvalue weighted by Gasteiger charge is 1.97. The highest BCUT2D eigenvalue weighted by molar-refractivity contribution is 8.15. The third-order valence-corrected chi connectivity index (χ3v) is 10.9. The van der Waals surface area contributed by atoms with Crippen LogP contribution in [0.4, 0.5) is 0 Å². The highest BCUT2D eigenvalue weighted by Crippen LogP contribution is 2.19. The fraction of sp³-hybridized carbons (Fsp3) is 1.00. The molecule has 0 aromatic rings. The molecule has 0 atom stereocenters. The third kappa shape index (κ3) is 38.7. The van der Waals surface area contributed by atoms with Crippen LogP contribution < -0.4 is 0 Å². The van der Waals surface area contributed by atoms with Gasteiger partial charge >= 0.3 is 0 Å². The van der Waals surface area contributed by atoms with Crippen LogP contribution in [0.1, 0.15) is 219 Å². The smallest absolute Gasteiger partial charge is 0.0392 e. The van der Waals surface area contributed by atoms with Crippen molar-refractivity contribution in [3.8, 4) is 0 Å². The van der Waals surface area contributed by atoms with Gasteiger partial charge in [-0.15, -0.1) is 0 Å². The summed E-state index contributed by atoms with van der Waals surface area (Å²) in [5.41, 5.74) is 0. The van der Waals surface area contributed by atoms with Crippen LogP contribution in [0.15, 0.2) is 0 Å². The summed E-state index contributed by atoms with van der Waals surface area (Å²) in [5.74, 6) is 2.79. The van der Waals surface area contributed by atoms with Crippen LogP contribution in [-0.4, -0.2) is 16.6 Å². The lowest BCUT2D eigenvalue weighted by atomic mass is 10.0. The molecule has 0 aromatic heterocycles. The van der Waals surface area contributed by atoms with Crippen molar-refractivity contribution in [3.63, 3.8) is 0 Å². The van der Waals surface area contributed by atoms with Crippen molar-refractivity contribution in [2.75, 3.05) is 16.6 Å². The standard InChI is InChI=1S/C37H76S2/c1-3-5-7-9-11-13-15-17-19-21-23-25-27-29-31-33-35-38-37-39-36-34-32-30-28-26-24-22-20-18-16-14-12-10-8-6-4-2/h3-37H2,1-2H3. The molecule has 0 aliphatic rings. The van der Waals surface area contributed by atoms with Crippen LogP contribution in [0.2, 0.25) is 0 Å². The van der Waals surface area contributed by atoms with Crippen LogP contribution in [0.25, 0.3) is 0 Å². The Hall–Kier alpha value is 0.700. The van der Waals surface area contributed by atoms with Crippen LogP contribution >= 0.6 is 23.5 Å². The zero-order valence-corrected chi connectivity index (χ0v) is 29.2. The van der Waals surface area contributed by atoms with Crippen LogP contribution in [-0.2, 0) is 0 Å². The molecule has 39 heavy (non-hydrogen) atoms. The van der Waals surface area contributed by atoms with Gasteiger partial charge in [0, 0.05) is 5.08 Å². The molecule has 0 aliphatic heterocycles. The van der Waals surface area contributed by atoms with Crippen molar-refractivity contribution in [2.45, 2.75) is 219 Å². The zero-order valence-electron chi connectivity index (χ0n) is 27.6. The minimum Gasteiger partial charge on any atom is -0.151 e. The molecule has 0 spiro atoms. The maximum atomic E-state index is 2.31. The SMILES string of the molecule is CCCCCCCCCCCCCCCCCCSCSCCCCCCCCCCCCCCCCCC. The minimum absolute atomic E-state index is 1.33. The van der Waals surface area contributed by atoms with Gasteiger partial charge in [-0.05, 0) is 24.3 Å². The number of rotatable bonds is 36. The first kappa shape index (κ1) is 39.7. The molecule has 0 unspecified atom stereocenters. The van der Waals surface area contributed by atoms with E-state index in [9.17, 15) is 0 Å². The van der Waals surface area contributed by atoms with Gasteiger partial charge in [-0.3, -0.25) is 0 Å². The van der Waals surface area contributed by atoms with Gasteiger partial charge in [-0.1, -0.05) is 206 Å². The summed E-state index contributed by atoms with van der Waals surface area (Å²) in [6.07, 6.45) is 47.1. The Balaban J connectivity index is 3.01. The largest absolute Gasteiger partial charge is 0.151 e.